The second-order valence-corrected chi connectivity index (χ2v) is 7.16. The highest BCUT2D eigenvalue weighted by atomic mass is 16.2. The molecule has 0 aliphatic carbocycles. The third-order valence-corrected chi connectivity index (χ3v) is 5.03. The topological polar surface area (TPSA) is 39.5 Å². The molecule has 1 fully saturated rings. The van der Waals surface area contributed by atoms with Crippen molar-refractivity contribution < 1.29 is 9.36 Å². The maximum atomic E-state index is 12.6. The average Bonchev–Trinajstić information content (AvgIpc) is 2.68. The number of rotatable bonds is 5. The van der Waals surface area contributed by atoms with E-state index in [0.29, 0.717) is 0 Å². The first-order valence-electron chi connectivity index (χ1n) is 9.38. The van der Waals surface area contributed by atoms with E-state index in [1.807, 2.05) is 67.1 Å². The number of piperidine rings is 1. The molecule has 0 saturated carbocycles. The number of aromatic nitrogens is 1. The third-order valence-electron chi connectivity index (χ3n) is 5.03. The quantitative estimate of drug-likeness (QED) is 0.839. The van der Waals surface area contributed by atoms with Crippen LogP contribution in [0.15, 0.2) is 48.8 Å². The van der Waals surface area contributed by atoms with Crippen molar-refractivity contribution in [3.63, 3.8) is 0 Å². The Morgan fingerprint density at radius 1 is 1.04 bits per heavy atom. The van der Waals surface area contributed by atoms with Gasteiger partial charge < -0.3 is 15.1 Å². The summed E-state index contributed by atoms with van der Waals surface area (Å²) in [6.07, 6.45) is 7.74. The Kier molecular flexibility index (Phi) is 5.76. The van der Waals surface area contributed by atoms with E-state index in [0.717, 1.165) is 24.5 Å². The normalized spacial score (nSPS) is 15.4. The van der Waals surface area contributed by atoms with E-state index in [1.165, 1.54) is 24.9 Å². The second kappa shape index (κ2) is 8.21. The van der Waals surface area contributed by atoms with Crippen LogP contribution in [0.4, 0.5) is 17.1 Å². The lowest BCUT2D eigenvalue weighted by atomic mass is 10.1. The molecule has 5 heteroatoms. The van der Waals surface area contributed by atoms with Gasteiger partial charge in [-0.05, 0) is 43.5 Å². The van der Waals surface area contributed by atoms with Gasteiger partial charge >= 0.3 is 0 Å². The van der Waals surface area contributed by atoms with Crippen molar-refractivity contribution >= 4 is 23.0 Å². The van der Waals surface area contributed by atoms with E-state index < -0.39 is 0 Å². The van der Waals surface area contributed by atoms with Gasteiger partial charge in [0.2, 0.25) is 6.04 Å². The first-order valence-corrected chi connectivity index (χ1v) is 9.38. The van der Waals surface area contributed by atoms with E-state index in [-0.39, 0.29) is 11.9 Å². The fourth-order valence-electron chi connectivity index (χ4n) is 3.28. The summed E-state index contributed by atoms with van der Waals surface area (Å²) < 4.78 is 1.92. The molecule has 138 valence electrons. The number of carbonyl (C=O) groups excluding carboxylic acids is 1. The summed E-state index contributed by atoms with van der Waals surface area (Å²) in [4.78, 5) is 17.0. The molecule has 1 aromatic heterocycles. The van der Waals surface area contributed by atoms with Gasteiger partial charge in [-0.25, -0.2) is 0 Å². The molecule has 1 aromatic carbocycles. The molecular weight excluding hydrogens is 324 g/mol. The summed E-state index contributed by atoms with van der Waals surface area (Å²) in [5.41, 5.74) is 3.19. The number of nitrogens with one attached hydrogen (secondary N) is 1. The molecule has 1 aliphatic heterocycles. The van der Waals surface area contributed by atoms with Crippen molar-refractivity contribution in [3.05, 3.63) is 48.8 Å². The number of benzene rings is 1. The molecule has 1 saturated heterocycles. The zero-order chi connectivity index (χ0) is 18.5. The number of hydrogen-bond donors (Lipinski definition) is 1. The standard InChI is InChI=1S/C21H28N4O/c1-17(24-15-11-19(12-16-24)23(2)3)21(26)22-18-7-9-20(10-8-18)25-13-5-4-6-14-25/h7-12,15-17H,4-6,13-14H2,1-3H3/p+1/t17-/m0/s1. The van der Waals surface area contributed by atoms with Crippen LogP contribution in [0.2, 0.25) is 0 Å². The van der Waals surface area contributed by atoms with Crippen LogP contribution in [-0.2, 0) is 4.79 Å². The molecule has 5 nitrogen and oxygen atoms in total. The van der Waals surface area contributed by atoms with E-state index >= 15 is 0 Å². The summed E-state index contributed by atoms with van der Waals surface area (Å²) in [6.45, 7) is 4.16. The number of hydrogen-bond acceptors (Lipinski definition) is 3. The molecule has 1 aliphatic rings. The molecule has 2 heterocycles. The molecule has 1 N–H and O–H groups in total. The van der Waals surface area contributed by atoms with Gasteiger partial charge in [0.05, 0.1) is 0 Å². The first kappa shape index (κ1) is 18.2. The molecule has 1 amide bonds. The van der Waals surface area contributed by atoms with Crippen LogP contribution in [0.25, 0.3) is 0 Å². The maximum Gasteiger partial charge on any atom is 0.293 e. The van der Waals surface area contributed by atoms with Crippen molar-refractivity contribution in [2.75, 3.05) is 42.3 Å². The molecule has 1 atom stereocenters. The summed E-state index contributed by atoms with van der Waals surface area (Å²) >= 11 is 0. The summed E-state index contributed by atoms with van der Waals surface area (Å²) in [6, 6.07) is 11.9. The van der Waals surface area contributed by atoms with Crippen LogP contribution in [0, 0.1) is 0 Å². The zero-order valence-electron chi connectivity index (χ0n) is 16.0. The van der Waals surface area contributed by atoms with Crippen molar-refractivity contribution in [1.82, 2.24) is 0 Å². The SMILES string of the molecule is C[C@@H](C(=O)Nc1ccc(N2CCCCC2)cc1)[n+]1ccc(N(C)C)cc1. The number of anilines is 3. The Balaban J connectivity index is 1.61. The van der Waals surface area contributed by atoms with Crippen LogP contribution < -0.4 is 19.7 Å². The smallest absolute Gasteiger partial charge is 0.293 e. The summed E-state index contributed by atoms with van der Waals surface area (Å²) in [5, 5.41) is 3.02. The summed E-state index contributed by atoms with van der Waals surface area (Å²) in [7, 11) is 4.01. The van der Waals surface area contributed by atoms with Gasteiger partial charge in [0.25, 0.3) is 5.91 Å². The molecule has 0 unspecified atom stereocenters. The van der Waals surface area contributed by atoms with Crippen LogP contribution in [-0.4, -0.2) is 33.1 Å². The van der Waals surface area contributed by atoms with Crippen LogP contribution in [0.3, 0.4) is 0 Å². The van der Waals surface area contributed by atoms with Crippen molar-refractivity contribution in [1.29, 1.82) is 0 Å². The predicted octanol–water partition coefficient (Wildman–Crippen LogP) is 3.23. The second-order valence-electron chi connectivity index (χ2n) is 7.16. The molecule has 0 radical (unpaired) electrons. The van der Waals surface area contributed by atoms with Crippen molar-refractivity contribution in [3.8, 4) is 0 Å². The van der Waals surface area contributed by atoms with Gasteiger partial charge in [-0.15, -0.1) is 0 Å². The van der Waals surface area contributed by atoms with E-state index in [1.54, 1.807) is 0 Å². The van der Waals surface area contributed by atoms with Gasteiger partial charge in [-0.2, -0.15) is 4.57 Å². The minimum absolute atomic E-state index is 0.0154. The Labute approximate surface area is 156 Å². The van der Waals surface area contributed by atoms with E-state index in [4.69, 9.17) is 0 Å². The Hall–Kier alpha value is -2.56. The van der Waals surface area contributed by atoms with Gasteiger partial charge in [-0.1, -0.05) is 0 Å². The van der Waals surface area contributed by atoms with Gasteiger partial charge in [0.15, 0.2) is 12.4 Å². The van der Waals surface area contributed by atoms with Crippen molar-refractivity contribution in [2.24, 2.45) is 0 Å². The van der Waals surface area contributed by atoms with Gasteiger partial charge in [-0.3, -0.25) is 4.79 Å². The van der Waals surface area contributed by atoms with E-state index in [2.05, 4.69) is 22.3 Å². The Morgan fingerprint density at radius 2 is 1.65 bits per heavy atom. The zero-order valence-corrected chi connectivity index (χ0v) is 16.0. The van der Waals surface area contributed by atoms with Gasteiger partial charge in [0.1, 0.15) is 0 Å². The molecular formula is C21H29N4O+. The lowest BCUT2D eigenvalue weighted by Crippen LogP contribution is -2.44. The third kappa shape index (κ3) is 4.34. The average molecular weight is 353 g/mol. The predicted molar refractivity (Wildman–Crippen MR) is 107 cm³/mol. The van der Waals surface area contributed by atoms with Crippen LogP contribution in [0.1, 0.15) is 32.2 Å². The molecule has 0 bridgehead atoms. The fourth-order valence-corrected chi connectivity index (χ4v) is 3.28. The fraction of sp³-hybridized carbons (Fsp3) is 0.429. The maximum absolute atomic E-state index is 12.6. The molecule has 2 aromatic rings. The lowest BCUT2D eigenvalue weighted by molar-refractivity contribution is -0.705. The molecule has 3 rings (SSSR count). The Bertz CT molecular complexity index is 719. The highest BCUT2D eigenvalue weighted by Crippen LogP contribution is 2.22. The number of amides is 1. The first-order chi connectivity index (χ1) is 12.5. The number of pyridine rings is 1. The number of carbonyl (C=O) groups is 1. The molecule has 0 spiro atoms. The van der Waals surface area contributed by atoms with E-state index in [9.17, 15) is 4.79 Å². The largest absolute Gasteiger partial charge is 0.377 e. The monoisotopic (exact) mass is 353 g/mol. The minimum Gasteiger partial charge on any atom is -0.377 e. The van der Waals surface area contributed by atoms with Gasteiger partial charge in [0, 0.05) is 63.3 Å². The summed E-state index contributed by atoms with van der Waals surface area (Å²) in [5.74, 6) is -0.0154. The van der Waals surface area contributed by atoms with Crippen LogP contribution in [0.5, 0.6) is 0 Å². The number of nitrogens with zero attached hydrogens (tertiary/aromatic N) is 3. The lowest BCUT2D eigenvalue weighted by Gasteiger charge is -2.28. The highest BCUT2D eigenvalue weighted by Gasteiger charge is 2.22. The molecule has 26 heavy (non-hydrogen) atoms. The highest BCUT2D eigenvalue weighted by molar-refractivity contribution is 5.92. The van der Waals surface area contributed by atoms with Crippen molar-refractivity contribution in [2.45, 2.75) is 32.2 Å². The minimum atomic E-state index is -0.270. The Morgan fingerprint density at radius 3 is 2.23 bits per heavy atom. The van der Waals surface area contributed by atoms with Crippen LogP contribution >= 0.6 is 0 Å².